The largest absolute Gasteiger partial charge is 0.398 e. The van der Waals surface area contributed by atoms with Crippen LogP contribution in [0.4, 0.5) is 10.1 Å². The van der Waals surface area contributed by atoms with E-state index in [-0.39, 0.29) is 17.0 Å². The maximum atomic E-state index is 13.7. The van der Waals surface area contributed by atoms with Crippen LogP contribution in [-0.2, 0) is 21.3 Å². The molecular weight excluding hydrogens is 289 g/mol. The van der Waals surface area contributed by atoms with Crippen molar-refractivity contribution in [2.45, 2.75) is 25.4 Å². The van der Waals surface area contributed by atoms with E-state index >= 15 is 0 Å². The molecular formula is C16H18FNO2S. The molecule has 0 aliphatic heterocycles. The molecule has 2 aromatic rings. The van der Waals surface area contributed by atoms with Crippen molar-refractivity contribution in [1.29, 1.82) is 0 Å². The van der Waals surface area contributed by atoms with Crippen LogP contribution in [-0.4, -0.2) is 8.42 Å². The van der Waals surface area contributed by atoms with E-state index in [1.165, 1.54) is 18.2 Å². The Bertz CT molecular complexity index is 729. The third-order valence-corrected chi connectivity index (χ3v) is 4.69. The van der Waals surface area contributed by atoms with Crippen LogP contribution < -0.4 is 5.73 Å². The zero-order valence-corrected chi connectivity index (χ0v) is 12.9. The summed E-state index contributed by atoms with van der Waals surface area (Å²) in [5.41, 5.74) is 8.60. The summed E-state index contributed by atoms with van der Waals surface area (Å²) >= 11 is 0. The van der Waals surface area contributed by atoms with Crippen LogP contribution in [0.2, 0.25) is 0 Å². The van der Waals surface area contributed by atoms with Crippen LogP contribution in [0, 0.1) is 19.7 Å². The Hall–Kier alpha value is -1.88. The summed E-state index contributed by atoms with van der Waals surface area (Å²) in [4.78, 5) is 0. The van der Waals surface area contributed by atoms with Crippen molar-refractivity contribution in [2.75, 3.05) is 5.73 Å². The lowest BCUT2D eigenvalue weighted by molar-refractivity contribution is 0.586. The third-order valence-electron chi connectivity index (χ3n) is 3.19. The lowest BCUT2D eigenvalue weighted by atomic mass is 10.1. The fourth-order valence-corrected chi connectivity index (χ4v) is 3.93. The van der Waals surface area contributed by atoms with Crippen LogP contribution >= 0.6 is 0 Å². The summed E-state index contributed by atoms with van der Waals surface area (Å²) in [6.07, 6.45) is 0. The van der Waals surface area contributed by atoms with E-state index in [2.05, 4.69) is 0 Å². The minimum atomic E-state index is -3.49. The third kappa shape index (κ3) is 4.04. The normalized spacial score (nSPS) is 11.6. The van der Waals surface area contributed by atoms with Gasteiger partial charge in [-0.2, -0.15) is 0 Å². The van der Waals surface area contributed by atoms with Gasteiger partial charge in [0.25, 0.3) is 0 Å². The van der Waals surface area contributed by atoms with Crippen LogP contribution in [0.15, 0.2) is 36.4 Å². The second-order valence-corrected chi connectivity index (χ2v) is 7.40. The maximum Gasteiger partial charge on any atom is 0.158 e. The molecule has 0 aromatic heterocycles. The van der Waals surface area contributed by atoms with Gasteiger partial charge in [0.05, 0.1) is 11.5 Å². The fourth-order valence-electron chi connectivity index (χ4n) is 2.40. The summed E-state index contributed by atoms with van der Waals surface area (Å²) in [7, 11) is -3.49. The van der Waals surface area contributed by atoms with Crippen molar-refractivity contribution in [3.63, 3.8) is 0 Å². The molecule has 0 aliphatic rings. The maximum absolute atomic E-state index is 13.7. The standard InChI is InChI=1S/C16H18FNO2S/c1-11-6-12(2)8-13(7-11)9-21(19,20)10-14-15(17)4-3-5-16(14)18/h3-8H,9-10,18H2,1-2H3. The van der Waals surface area contributed by atoms with Gasteiger partial charge in [0.2, 0.25) is 0 Å². The lowest BCUT2D eigenvalue weighted by Gasteiger charge is -2.09. The van der Waals surface area contributed by atoms with Crippen molar-refractivity contribution < 1.29 is 12.8 Å². The topological polar surface area (TPSA) is 60.2 Å². The van der Waals surface area contributed by atoms with E-state index in [0.29, 0.717) is 5.56 Å². The molecule has 21 heavy (non-hydrogen) atoms. The fraction of sp³-hybridized carbons (Fsp3) is 0.250. The van der Waals surface area contributed by atoms with Crippen molar-refractivity contribution in [3.8, 4) is 0 Å². The van der Waals surface area contributed by atoms with Gasteiger partial charge in [-0.05, 0) is 31.5 Å². The SMILES string of the molecule is Cc1cc(C)cc(CS(=O)(=O)Cc2c(N)cccc2F)c1. The van der Waals surface area contributed by atoms with Gasteiger partial charge in [-0.1, -0.05) is 35.4 Å². The average Bonchev–Trinajstić information content (AvgIpc) is 2.32. The van der Waals surface area contributed by atoms with E-state index in [9.17, 15) is 12.8 Å². The van der Waals surface area contributed by atoms with Crippen molar-refractivity contribution in [1.82, 2.24) is 0 Å². The number of benzene rings is 2. The molecule has 0 bridgehead atoms. The molecule has 0 aliphatic carbocycles. The summed E-state index contributed by atoms with van der Waals surface area (Å²) in [6.45, 7) is 3.83. The van der Waals surface area contributed by atoms with E-state index < -0.39 is 21.4 Å². The highest BCUT2D eigenvalue weighted by atomic mass is 32.2. The van der Waals surface area contributed by atoms with Gasteiger partial charge in [-0.3, -0.25) is 0 Å². The van der Waals surface area contributed by atoms with E-state index in [1.54, 1.807) is 0 Å². The number of nitrogens with two attached hydrogens (primary N) is 1. The number of anilines is 1. The highest BCUT2D eigenvalue weighted by Crippen LogP contribution is 2.21. The Labute approximate surface area is 124 Å². The van der Waals surface area contributed by atoms with Gasteiger partial charge in [-0.25, -0.2) is 12.8 Å². The molecule has 2 N–H and O–H groups in total. The molecule has 0 heterocycles. The van der Waals surface area contributed by atoms with Crippen molar-refractivity contribution >= 4 is 15.5 Å². The molecule has 5 heteroatoms. The molecule has 0 amide bonds. The molecule has 0 unspecified atom stereocenters. The quantitative estimate of drug-likeness (QED) is 0.883. The first-order chi connectivity index (χ1) is 9.77. The minimum absolute atomic E-state index is 0.0434. The molecule has 3 nitrogen and oxygen atoms in total. The van der Waals surface area contributed by atoms with Crippen molar-refractivity contribution in [3.05, 3.63) is 64.5 Å². The van der Waals surface area contributed by atoms with Crippen LogP contribution in [0.25, 0.3) is 0 Å². The van der Waals surface area contributed by atoms with Gasteiger partial charge < -0.3 is 5.73 Å². The number of hydrogen-bond acceptors (Lipinski definition) is 3. The first-order valence-corrected chi connectivity index (χ1v) is 8.39. The summed E-state index contributed by atoms with van der Waals surface area (Å²) < 4.78 is 38.3. The number of hydrogen-bond donors (Lipinski definition) is 1. The predicted molar refractivity (Wildman–Crippen MR) is 83.1 cm³/mol. The summed E-state index contributed by atoms with van der Waals surface area (Å²) in [5.74, 6) is -1.10. The molecule has 0 atom stereocenters. The molecule has 112 valence electrons. The van der Waals surface area contributed by atoms with Gasteiger partial charge in [0.15, 0.2) is 9.84 Å². The Kier molecular flexibility index (Phi) is 4.32. The van der Waals surface area contributed by atoms with Gasteiger partial charge in [-0.15, -0.1) is 0 Å². The number of halogens is 1. The Morgan fingerprint density at radius 3 is 2.24 bits per heavy atom. The number of rotatable bonds is 4. The van der Waals surface area contributed by atoms with E-state index in [1.807, 2.05) is 32.0 Å². The molecule has 0 saturated heterocycles. The lowest BCUT2D eigenvalue weighted by Crippen LogP contribution is -2.11. The van der Waals surface area contributed by atoms with Gasteiger partial charge >= 0.3 is 0 Å². The van der Waals surface area contributed by atoms with Crippen LogP contribution in [0.5, 0.6) is 0 Å². The van der Waals surface area contributed by atoms with Crippen LogP contribution in [0.3, 0.4) is 0 Å². The molecule has 2 aromatic carbocycles. The Morgan fingerprint density at radius 2 is 1.67 bits per heavy atom. The number of sulfone groups is 1. The number of nitrogen functional groups attached to an aromatic ring is 1. The monoisotopic (exact) mass is 307 g/mol. The zero-order valence-electron chi connectivity index (χ0n) is 12.1. The summed E-state index contributed by atoms with van der Waals surface area (Å²) in [6, 6.07) is 9.82. The highest BCUT2D eigenvalue weighted by Gasteiger charge is 2.18. The summed E-state index contributed by atoms with van der Waals surface area (Å²) in [5, 5.41) is 0. The number of aryl methyl sites for hydroxylation is 2. The van der Waals surface area contributed by atoms with Crippen LogP contribution in [0.1, 0.15) is 22.3 Å². The first-order valence-electron chi connectivity index (χ1n) is 6.57. The van der Waals surface area contributed by atoms with E-state index in [0.717, 1.165) is 11.1 Å². The predicted octanol–water partition coefficient (Wildman–Crippen LogP) is 3.14. The molecule has 0 spiro atoms. The zero-order chi connectivity index (χ0) is 15.6. The molecule has 2 rings (SSSR count). The highest BCUT2D eigenvalue weighted by molar-refractivity contribution is 7.89. The molecule has 0 saturated carbocycles. The Balaban J connectivity index is 2.27. The minimum Gasteiger partial charge on any atom is -0.398 e. The van der Waals surface area contributed by atoms with Gasteiger partial charge in [0.1, 0.15) is 5.82 Å². The van der Waals surface area contributed by atoms with Crippen molar-refractivity contribution in [2.24, 2.45) is 0 Å². The second kappa shape index (κ2) is 5.85. The Morgan fingerprint density at radius 1 is 1.05 bits per heavy atom. The molecule has 0 fully saturated rings. The molecule has 0 radical (unpaired) electrons. The van der Waals surface area contributed by atoms with Gasteiger partial charge in [0, 0.05) is 11.3 Å². The average molecular weight is 307 g/mol. The second-order valence-electron chi connectivity index (χ2n) is 5.34. The first kappa shape index (κ1) is 15.5. The smallest absolute Gasteiger partial charge is 0.158 e. The van der Waals surface area contributed by atoms with E-state index in [4.69, 9.17) is 5.73 Å².